The first-order valence-electron chi connectivity index (χ1n) is 4.62. The van der Waals surface area contributed by atoms with Gasteiger partial charge < -0.3 is 14.6 Å². The van der Waals surface area contributed by atoms with Crippen molar-refractivity contribution in [2.24, 2.45) is 11.7 Å². The fraction of sp³-hybridized carbons (Fsp3) is 1.00. The van der Waals surface area contributed by atoms with Crippen molar-refractivity contribution in [1.82, 2.24) is 5.32 Å². The van der Waals surface area contributed by atoms with Gasteiger partial charge in [-0.15, -0.1) is 0 Å². The molecule has 4 nitrogen and oxygen atoms in total. The van der Waals surface area contributed by atoms with E-state index in [1.54, 1.807) is 14.2 Å². The van der Waals surface area contributed by atoms with Crippen molar-refractivity contribution in [3.8, 4) is 0 Å². The second-order valence-electron chi connectivity index (χ2n) is 3.42. The van der Waals surface area contributed by atoms with Crippen LogP contribution >= 0.6 is 0 Å². The summed E-state index contributed by atoms with van der Waals surface area (Å²) < 4.78 is 10.6. The van der Waals surface area contributed by atoms with Gasteiger partial charge >= 0.3 is 9.28 Å². The number of nitrogens with two attached hydrogens (primary N) is 1. The Labute approximate surface area is 82.6 Å². The highest BCUT2D eigenvalue weighted by molar-refractivity contribution is 6.48. The minimum Gasteiger partial charge on any atom is -0.398 e. The fourth-order valence-corrected chi connectivity index (χ4v) is 3.24. The van der Waals surface area contributed by atoms with E-state index in [2.05, 4.69) is 19.2 Å². The van der Waals surface area contributed by atoms with Gasteiger partial charge in [0.05, 0.1) is 0 Å². The van der Waals surface area contributed by atoms with Crippen LogP contribution in [0.4, 0.5) is 0 Å². The predicted octanol–water partition coefficient (Wildman–Crippen LogP) is -0.0406. The van der Waals surface area contributed by atoms with Gasteiger partial charge in [0.2, 0.25) is 0 Å². The first kappa shape index (κ1) is 13.1. The standard InChI is InChI=1S/C8H22N2O2Si/c1-6-10-8(9,7(2)3)13(11-4)12-5/h7,10,13H,6,9H2,1-5H3. The predicted molar refractivity (Wildman–Crippen MR) is 56.6 cm³/mol. The Morgan fingerprint density at radius 1 is 1.38 bits per heavy atom. The lowest BCUT2D eigenvalue weighted by atomic mass is 10.1. The Balaban J connectivity index is 4.53. The van der Waals surface area contributed by atoms with E-state index in [-0.39, 0.29) is 0 Å². The molecule has 0 saturated carbocycles. The molecule has 0 saturated heterocycles. The molecule has 0 aliphatic carbocycles. The third kappa shape index (κ3) is 3.03. The number of nitrogens with one attached hydrogen (secondary N) is 1. The second-order valence-corrected chi connectivity index (χ2v) is 5.98. The van der Waals surface area contributed by atoms with Gasteiger partial charge in [0.15, 0.2) is 0 Å². The molecular formula is C8H22N2O2Si. The zero-order chi connectivity index (χ0) is 10.5. The van der Waals surface area contributed by atoms with Crippen LogP contribution < -0.4 is 11.1 Å². The Morgan fingerprint density at radius 3 is 2.08 bits per heavy atom. The third-order valence-corrected chi connectivity index (χ3v) is 4.76. The molecule has 0 bridgehead atoms. The molecule has 0 aromatic carbocycles. The molecule has 0 fully saturated rings. The number of rotatable bonds is 6. The monoisotopic (exact) mass is 206 g/mol. The SMILES string of the molecule is CCNC(N)(C(C)C)[SiH](OC)OC. The molecule has 0 aromatic rings. The summed E-state index contributed by atoms with van der Waals surface area (Å²) in [7, 11) is 1.48. The molecule has 0 aliphatic rings. The van der Waals surface area contributed by atoms with E-state index in [1.807, 2.05) is 6.92 Å². The van der Waals surface area contributed by atoms with Crippen LogP contribution in [0.5, 0.6) is 0 Å². The summed E-state index contributed by atoms with van der Waals surface area (Å²) in [5.74, 6) is 0.295. The smallest absolute Gasteiger partial charge is 0.356 e. The molecule has 0 amide bonds. The van der Waals surface area contributed by atoms with Gasteiger partial charge in [0, 0.05) is 14.2 Å². The molecule has 80 valence electrons. The fourth-order valence-electron chi connectivity index (χ4n) is 1.35. The Kier molecular flexibility index (Phi) is 5.74. The minimum absolute atomic E-state index is 0.295. The van der Waals surface area contributed by atoms with Crippen LogP contribution in [-0.2, 0) is 8.85 Å². The van der Waals surface area contributed by atoms with E-state index in [9.17, 15) is 0 Å². The molecule has 0 aromatic heterocycles. The molecule has 0 spiro atoms. The van der Waals surface area contributed by atoms with Gasteiger partial charge in [0.25, 0.3) is 0 Å². The summed E-state index contributed by atoms with van der Waals surface area (Å²) in [6.45, 7) is 6.99. The van der Waals surface area contributed by atoms with Gasteiger partial charge in [-0.3, -0.25) is 5.32 Å². The van der Waals surface area contributed by atoms with Crippen molar-refractivity contribution >= 4 is 9.28 Å². The lowest BCUT2D eigenvalue weighted by molar-refractivity contribution is 0.198. The third-order valence-electron chi connectivity index (χ3n) is 2.26. The van der Waals surface area contributed by atoms with Gasteiger partial charge in [-0.1, -0.05) is 20.8 Å². The van der Waals surface area contributed by atoms with E-state index in [1.165, 1.54) is 0 Å². The summed E-state index contributed by atoms with van der Waals surface area (Å²) in [6, 6.07) is 0. The minimum atomic E-state index is -1.83. The molecule has 0 heterocycles. The molecule has 3 N–H and O–H groups in total. The summed E-state index contributed by atoms with van der Waals surface area (Å²) in [6.07, 6.45) is 0. The molecular weight excluding hydrogens is 184 g/mol. The Morgan fingerprint density at radius 2 is 1.85 bits per heavy atom. The van der Waals surface area contributed by atoms with Crippen LogP contribution in [0.15, 0.2) is 0 Å². The van der Waals surface area contributed by atoms with Crippen molar-refractivity contribution in [3.63, 3.8) is 0 Å². The van der Waals surface area contributed by atoms with Crippen molar-refractivity contribution in [2.45, 2.75) is 26.1 Å². The molecule has 0 rings (SSSR count). The van der Waals surface area contributed by atoms with Crippen LogP contribution in [0.1, 0.15) is 20.8 Å². The van der Waals surface area contributed by atoms with Crippen molar-refractivity contribution in [1.29, 1.82) is 0 Å². The van der Waals surface area contributed by atoms with Gasteiger partial charge in [-0.05, 0) is 12.5 Å². The Bertz CT molecular complexity index is 142. The van der Waals surface area contributed by atoms with Crippen LogP contribution in [0, 0.1) is 5.92 Å². The van der Waals surface area contributed by atoms with Crippen molar-refractivity contribution < 1.29 is 8.85 Å². The zero-order valence-electron chi connectivity index (χ0n) is 9.26. The van der Waals surface area contributed by atoms with Crippen LogP contribution in [-0.4, -0.2) is 35.3 Å². The average molecular weight is 206 g/mol. The zero-order valence-corrected chi connectivity index (χ0v) is 10.4. The largest absolute Gasteiger partial charge is 0.398 e. The summed E-state index contributed by atoms with van der Waals surface area (Å²) in [4.78, 5) is 0. The van der Waals surface area contributed by atoms with Crippen molar-refractivity contribution in [3.05, 3.63) is 0 Å². The van der Waals surface area contributed by atoms with Gasteiger partial charge in [-0.2, -0.15) is 0 Å². The molecule has 5 heteroatoms. The summed E-state index contributed by atoms with van der Waals surface area (Å²) in [5.41, 5.74) is 6.22. The molecule has 1 atom stereocenters. The van der Waals surface area contributed by atoms with E-state index >= 15 is 0 Å². The van der Waals surface area contributed by atoms with Crippen LogP contribution in [0.25, 0.3) is 0 Å². The van der Waals surface area contributed by atoms with Crippen LogP contribution in [0.3, 0.4) is 0 Å². The van der Waals surface area contributed by atoms with Crippen LogP contribution in [0.2, 0.25) is 0 Å². The lowest BCUT2D eigenvalue weighted by Gasteiger charge is -2.37. The normalized spacial score (nSPS) is 16.6. The maximum atomic E-state index is 6.22. The van der Waals surface area contributed by atoms with E-state index in [4.69, 9.17) is 14.6 Å². The quantitative estimate of drug-likeness (QED) is 0.473. The average Bonchev–Trinajstić information content (AvgIpc) is 2.06. The summed E-state index contributed by atoms with van der Waals surface area (Å²) >= 11 is 0. The van der Waals surface area contributed by atoms with Gasteiger partial charge in [-0.25, -0.2) is 0 Å². The highest BCUT2D eigenvalue weighted by Crippen LogP contribution is 2.15. The topological polar surface area (TPSA) is 56.5 Å². The van der Waals surface area contributed by atoms with E-state index in [0.29, 0.717) is 5.92 Å². The highest BCUT2D eigenvalue weighted by atomic mass is 28.3. The maximum Gasteiger partial charge on any atom is 0.356 e. The van der Waals surface area contributed by atoms with E-state index in [0.717, 1.165) is 6.54 Å². The first-order chi connectivity index (χ1) is 6.02. The number of hydrogen-bond donors (Lipinski definition) is 2. The second kappa shape index (κ2) is 5.72. The Hall–Kier alpha value is 0.0569. The molecule has 13 heavy (non-hydrogen) atoms. The molecule has 0 radical (unpaired) electrons. The maximum absolute atomic E-state index is 6.22. The number of hydrogen-bond acceptors (Lipinski definition) is 4. The van der Waals surface area contributed by atoms with Crippen molar-refractivity contribution in [2.75, 3.05) is 20.8 Å². The summed E-state index contributed by atoms with van der Waals surface area (Å²) in [5, 5.41) is 2.76. The van der Waals surface area contributed by atoms with Gasteiger partial charge in [0.1, 0.15) is 5.29 Å². The molecule has 0 aliphatic heterocycles. The highest BCUT2D eigenvalue weighted by Gasteiger charge is 2.40. The van der Waals surface area contributed by atoms with E-state index < -0.39 is 14.6 Å². The molecule has 1 unspecified atom stereocenters. The first-order valence-corrected chi connectivity index (χ1v) is 6.14. The lowest BCUT2D eigenvalue weighted by Crippen LogP contribution is -2.68.